The fourth-order valence-electron chi connectivity index (χ4n) is 6.47. The molecule has 2 saturated heterocycles. The molecule has 6 rings (SSSR count). The van der Waals surface area contributed by atoms with Crippen molar-refractivity contribution >= 4 is 0 Å². The Bertz CT molecular complexity index is 804. The van der Waals surface area contributed by atoms with Crippen LogP contribution in [0.3, 0.4) is 0 Å². The van der Waals surface area contributed by atoms with E-state index < -0.39 is 0 Å². The van der Waals surface area contributed by atoms with Gasteiger partial charge in [0.1, 0.15) is 24.7 Å². The van der Waals surface area contributed by atoms with Crippen molar-refractivity contribution in [2.24, 2.45) is 10.8 Å². The summed E-state index contributed by atoms with van der Waals surface area (Å²) in [7, 11) is 1.00. The van der Waals surface area contributed by atoms with Gasteiger partial charge in [0.2, 0.25) is 0 Å². The molecule has 2 aliphatic heterocycles. The van der Waals surface area contributed by atoms with Crippen LogP contribution in [0.5, 0.6) is 11.5 Å². The monoisotopic (exact) mass is 538 g/mol. The van der Waals surface area contributed by atoms with E-state index in [1.165, 1.54) is 90.4 Å². The lowest BCUT2D eigenvalue weighted by Crippen LogP contribution is -2.44. The van der Waals surface area contributed by atoms with Crippen molar-refractivity contribution < 1.29 is 14.6 Å². The summed E-state index contributed by atoms with van der Waals surface area (Å²) in [5, 5.41) is 7.00. The SMILES string of the molecule is C.CO.c1ccc(OCCN2CCC3(CCC3)CC2)cc1.c1ccc(OCCN2CCC3(CCC3)CC2)cc1. The smallest absolute Gasteiger partial charge is 0.119 e. The molecule has 1 N–H and O–H groups in total. The van der Waals surface area contributed by atoms with Crippen LogP contribution in [0.25, 0.3) is 0 Å². The average molecular weight is 539 g/mol. The van der Waals surface area contributed by atoms with Crippen LogP contribution >= 0.6 is 0 Å². The van der Waals surface area contributed by atoms with Gasteiger partial charge in [-0.15, -0.1) is 0 Å². The molecule has 39 heavy (non-hydrogen) atoms. The Kier molecular flexibility index (Phi) is 13.1. The van der Waals surface area contributed by atoms with Gasteiger partial charge < -0.3 is 14.6 Å². The minimum absolute atomic E-state index is 0. The van der Waals surface area contributed by atoms with Gasteiger partial charge in [-0.1, -0.05) is 56.7 Å². The first kappa shape index (κ1) is 31.4. The molecule has 2 aromatic rings. The van der Waals surface area contributed by atoms with E-state index in [0.717, 1.165) is 55.7 Å². The number of hydrogen-bond acceptors (Lipinski definition) is 5. The molecule has 0 radical (unpaired) electrons. The van der Waals surface area contributed by atoms with Crippen molar-refractivity contribution in [2.75, 3.05) is 59.6 Å². The topological polar surface area (TPSA) is 45.2 Å². The Balaban J connectivity index is 0.000000198. The first-order chi connectivity index (χ1) is 18.7. The zero-order valence-corrected chi connectivity index (χ0v) is 23.7. The largest absolute Gasteiger partial charge is 0.492 e. The minimum Gasteiger partial charge on any atom is -0.492 e. The molecule has 0 unspecified atom stereocenters. The highest BCUT2D eigenvalue weighted by molar-refractivity contribution is 5.21. The van der Waals surface area contributed by atoms with E-state index in [0.29, 0.717) is 0 Å². The van der Waals surface area contributed by atoms with Crippen molar-refractivity contribution in [1.29, 1.82) is 0 Å². The van der Waals surface area contributed by atoms with Crippen molar-refractivity contribution in [1.82, 2.24) is 9.80 Å². The highest BCUT2D eigenvalue weighted by atomic mass is 16.5. The lowest BCUT2D eigenvalue weighted by Gasteiger charge is -2.48. The average Bonchev–Trinajstić information content (AvgIpc) is 2.95. The molecule has 0 bridgehead atoms. The molecule has 2 aliphatic carbocycles. The molecule has 2 saturated carbocycles. The molecule has 4 aliphatic rings. The van der Waals surface area contributed by atoms with Gasteiger partial charge in [-0.3, -0.25) is 9.80 Å². The van der Waals surface area contributed by atoms with Crippen molar-refractivity contribution in [3.05, 3.63) is 60.7 Å². The van der Waals surface area contributed by atoms with Crippen LogP contribution in [0.15, 0.2) is 60.7 Å². The Morgan fingerprint density at radius 2 is 0.897 bits per heavy atom. The van der Waals surface area contributed by atoms with Crippen molar-refractivity contribution in [3.8, 4) is 11.5 Å². The van der Waals surface area contributed by atoms with E-state index in [2.05, 4.69) is 9.80 Å². The van der Waals surface area contributed by atoms with Gasteiger partial charge in [0.05, 0.1) is 0 Å². The quantitative estimate of drug-likeness (QED) is 0.396. The summed E-state index contributed by atoms with van der Waals surface area (Å²) in [4.78, 5) is 5.12. The highest BCUT2D eigenvalue weighted by Gasteiger charge is 2.40. The summed E-state index contributed by atoms with van der Waals surface area (Å²) in [6, 6.07) is 20.3. The molecular formula is C34H54N2O3. The van der Waals surface area contributed by atoms with Gasteiger partial charge in [-0.2, -0.15) is 0 Å². The number of ether oxygens (including phenoxy) is 2. The number of hydrogen-bond donors (Lipinski definition) is 1. The zero-order chi connectivity index (χ0) is 26.5. The van der Waals surface area contributed by atoms with E-state index in [1.807, 2.05) is 60.7 Å². The number of rotatable bonds is 8. The number of aliphatic hydroxyl groups excluding tert-OH is 1. The number of para-hydroxylation sites is 2. The van der Waals surface area contributed by atoms with Crippen LogP contribution in [0.2, 0.25) is 0 Å². The fraction of sp³-hybridized carbons (Fsp3) is 0.647. The molecule has 0 aromatic heterocycles. The molecule has 4 fully saturated rings. The normalized spacial score (nSPS) is 21.1. The number of likely N-dealkylation sites (tertiary alicyclic amines) is 2. The standard InChI is InChI=1S/2C16H23NO.CH4O.CH4/c2*1-2-5-15(6-3-1)18-14-13-17-11-9-16(10-12-17)7-4-8-16;1-2;/h2*1-3,5-6H,4,7-14H2;2H,1H3;1H4. The molecular weight excluding hydrogens is 484 g/mol. The molecule has 0 atom stereocenters. The maximum atomic E-state index is 7.00. The van der Waals surface area contributed by atoms with E-state index in [1.54, 1.807) is 0 Å². The third kappa shape index (κ3) is 9.51. The first-order valence-corrected chi connectivity index (χ1v) is 15.0. The molecule has 2 spiro atoms. The summed E-state index contributed by atoms with van der Waals surface area (Å²) in [5.74, 6) is 1.98. The van der Waals surface area contributed by atoms with Gasteiger partial charge in [0.15, 0.2) is 0 Å². The fourth-order valence-corrected chi connectivity index (χ4v) is 6.47. The number of aliphatic hydroxyl groups is 1. The van der Waals surface area contributed by atoms with E-state index in [4.69, 9.17) is 14.6 Å². The highest BCUT2D eigenvalue weighted by Crippen LogP contribution is 2.49. The van der Waals surface area contributed by atoms with Crippen molar-refractivity contribution in [3.63, 3.8) is 0 Å². The Hall–Kier alpha value is -2.08. The summed E-state index contributed by atoms with van der Waals surface area (Å²) < 4.78 is 11.5. The van der Waals surface area contributed by atoms with E-state index in [9.17, 15) is 0 Å². The molecule has 218 valence electrons. The van der Waals surface area contributed by atoms with Crippen LogP contribution in [0.1, 0.15) is 71.6 Å². The maximum Gasteiger partial charge on any atom is 0.119 e. The van der Waals surface area contributed by atoms with E-state index in [-0.39, 0.29) is 7.43 Å². The Morgan fingerprint density at radius 3 is 1.18 bits per heavy atom. The van der Waals surface area contributed by atoms with Gasteiger partial charge in [-0.05, 0) is 113 Å². The summed E-state index contributed by atoms with van der Waals surface area (Å²) in [6.07, 6.45) is 14.5. The number of nitrogens with zero attached hydrogens (tertiary/aromatic N) is 2. The lowest BCUT2D eigenvalue weighted by atomic mass is 9.63. The maximum absolute atomic E-state index is 7.00. The van der Waals surface area contributed by atoms with E-state index >= 15 is 0 Å². The third-order valence-electron chi connectivity index (χ3n) is 9.50. The second-order valence-corrected chi connectivity index (χ2v) is 11.7. The number of piperidine rings is 2. The lowest BCUT2D eigenvalue weighted by molar-refractivity contribution is 0.0290. The minimum atomic E-state index is 0. The predicted molar refractivity (Wildman–Crippen MR) is 163 cm³/mol. The first-order valence-electron chi connectivity index (χ1n) is 15.0. The van der Waals surface area contributed by atoms with Crippen LogP contribution in [-0.2, 0) is 0 Å². The number of benzene rings is 2. The van der Waals surface area contributed by atoms with Gasteiger partial charge in [0.25, 0.3) is 0 Å². The molecule has 0 amide bonds. The molecule has 5 nitrogen and oxygen atoms in total. The van der Waals surface area contributed by atoms with Crippen LogP contribution in [0.4, 0.5) is 0 Å². The molecule has 2 aromatic carbocycles. The van der Waals surface area contributed by atoms with Gasteiger partial charge in [-0.25, -0.2) is 0 Å². The van der Waals surface area contributed by atoms with Gasteiger partial charge >= 0.3 is 0 Å². The summed E-state index contributed by atoms with van der Waals surface area (Å²) >= 11 is 0. The van der Waals surface area contributed by atoms with Crippen LogP contribution in [-0.4, -0.2) is 74.5 Å². The second kappa shape index (κ2) is 16.2. The van der Waals surface area contributed by atoms with Crippen molar-refractivity contribution in [2.45, 2.75) is 71.6 Å². The molecule has 5 heteroatoms. The Labute approximate surface area is 238 Å². The molecule has 2 heterocycles. The third-order valence-corrected chi connectivity index (χ3v) is 9.50. The van der Waals surface area contributed by atoms with Gasteiger partial charge in [0, 0.05) is 20.2 Å². The second-order valence-electron chi connectivity index (χ2n) is 11.7. The summed E-state index contributed by atoms with van der Waals surface area (Å²) in [5.41, 5.74) is 1.52. The van der Waals surface area contributed by atoms with Crippen LogP contribution in [0, 0.1) is 10.8 Å². The summed E-state index contributed by atoms with van der Waals surface area (Å²) in [6.45, 7) is 8.89. The zero-order valence-electron chi connectivity index (χ0n) is 23.7. The Morgan fingerprint density at radius 1 is 0.564 bits per heavy atom. The predicted octanol–water partition coefficient (Wildman–Crippen LogP) is 6.91. The van der Waals surface area contributed by atoms with Crippen LogP contribution < -0.4 is 9.47 Å².